The molecule has 7 nitrogen and oxygen atoms in total. The van der Waals surface area contributed by atoms with Crippen LogP contribution in [0.1, 0.15) is 19.3 Å². The number of benzene rings is 1. The number of amides is 2. The Morgan fingerprint density at radius 1 is 1.30 bits per heavy atom. The van der Waals surface area contributed by atoms with Crippen LogP contribution in [0, 0.1) is 5.41 Å². The number of rotatable bonds is 6. The van der Waals surface area contributed by atoms with E-state index in [0.717, 1.165) is 5.69 Å². The molecule has 1 aromatic rings. The Balaban J connectivity index is 1.52. The van der Waals surface area contributed by atoms with Gasteiger partial charge in [-0.25, -0.2) is 0 Å². The lowest BCUT2D eigenvalue weighted by Gasteiger charge is -2.29. The van der Waals surface area contributed by atoms with Gasteiger partial charge in [0.25, 0.3) is 5.91 Å². The monoisotopic (exact) mass is 318 g/mol. The second-order valence-electron chi connectivity index (χ2n) is 5.80. The van der Waals surface area contributed by atoms with E-state index in [1.807, 2.05) is 18.2 Å². The Hall–Kier alpha value is -2.57. The van der Waals surface area contributed by atoms with Crippen molar-refractivity contribution in [2.45, 2.75) is 19.3 Å². The summed E-state index contributed by atoms with van der Waals surface area (Å²) in [6.45, 7) is 0.783. The van der Waals surface area contributed by atoms with Crippen molar-refractivity contribution in [1.82, 2.24) is 5.32 Å². The summed E-state index contributed by atoms with van der Waals surface area (Å²) in [6.07, 6.45) is 1.33. The van der Waals surface area contributed by atoms with E-state index in [9.17, 15) is 14.4 Å². The molecule has 1 saturated carbocycles. The SMILES string of the molecule is O=C1COc2ccccc2N1CCCNC(=O)C1(C(=O)O)CC1. The lowest BCUT2D eigenvalue weighted by Crippen LogP contribution is -2.41. The summed E-state index contributed by atoms with van der Waals surface area (Å²) in [6, 6.07) is 7.29. The molecule has 1 aromatic carbocycles. The Morgan fingerprint density at radius 3 is 2.74 bits per heavy atom. The van der Waals surface area contributed by atoms with E-state index in [0.29, 0.717) is 38.1 Å². The Labute approximate surface area is 133 Å². The van der Waals surface area contributed by atoms with Gasteiger partial charge in [-0.15, -0.1) is 0 Å². The van der Waals surface area contributed by atoms with E-state index in [-0.39, 0.29) is 12.5 Å². The summed E-state index contributed by atoms with van der Waals surface area (Å²) >= 11 is 0. The molecule has 1 heterocycles. The largest absolute Gasteiger partial charge is 0.482 e. The second kappa shape index (κ2) is 5.91. The highest BCUT2D eigenvalue weighted by molar-refractivity contribution is 6.04. The number of carboxylic acid groups (broad SMARTS) is 1. The molecule has 7 heteroatoms. The number of para-hydroxylation sites is 2. The minimum Gasteiger partial charge on any atom is -0.482 e. The standard InChI is InChI=1S/C16H18N2O5/c19-13-10-23-12-5-2-1-4-11(12)18(13)9-3-8-17-14(20)16(6-7-16)15(21)22/h1-2,4-5H,3,6-10H2,(H,17,20)(H,21,22). The number of fused-ring (bicyclic) bond motifs is 1. The molecule has 0 atom stereocenters. The Bertz CT molecular complexity index is 654. The first kappa shape index (κ1) is 15.3. The summed E-state index contributed by atoms with van der Waals surface area (Å²) in [5, 5.41) is 11.7. The maximum absolute atomic E-state index is 12.0. The van der Waals surface area contributed by atoms with E-state index >= 15 is 0 Å². The maximum atomic E-state index is 12.0. The van der Waals surface area contributed by atoms with Crippen LogP contribution >= 0.6 is 0 Å². The highest BCUT2D eigenvalue weighted by atomic mass is 16.5. The number of hydrogen-bond donors (Lipinski definition) is 2. The normalized spacial score (nSPS) is 17.9. The van der Waals surface area contributed by atoms with Crippen molar-refractivity contribution in [3.8, 4) is 5.75 Å². The molecule has 1 aliphatic heterocycles. The van der Waals surface area contributed by atoms with Gasteiger partial charge in [0, 0.05) is 13.1 Å². The summed E-state index contributed by atoms with van der Waals surface area (Å²) in [7, 11) is 0. The van der Waals surface area contributed by atoms with Crippen molar-refractivity contribution >= 4 is 23.5 Å². The van der Waals surface area contributed by atoms with E-state index < -0.39 is 17.3 Å². The predicted molar refractivity (Wildman–Crippen MR) is 81.2 cm³/mol. The van der Waals surface area contributed by atoms with Gasteiger partial charge in [0.1, 0.15) is 11.2 Å². The number of anilines is 1. The van der Waals surface area contributed by atoms with Crippen LogP contribution < -0.4 is 15.0 Å². The fourth-order valence-electron chi connectivity index (χ4n) is 2.67. The summed E-state index contributed by atoms with van der Waals surface area (Å²) < 4.78 is 5.36. The molecule has 3 rings (SSSR count). The van der Waals surface area contributed by atoms with Crippen molar-refractivity contribution in [2.24, 2.45) is 5.41 Å². The molecule has 0 radical (unpaired) electrons. The first-order chi connectivity index (χ1) is 11.0. The maximum Gasteiger partial charge on any atom is 0.319 e. The molecule has 1 aliphatic carbocycles. The number of hydrogen-bond acceptors (Lipinski definition) is 4. The van der Waals surface area contributed by atoms with Crippen LogP contribution in [-0.2, 0) is 14.4 Å². The highest BCUT2D eigenvalue weighted by Crippen LogP contribution is 2.46. The van der Waals surface area contributed by atoms with Crippen LogP contribution in [0.5, 0.6) is 5.75 Å². The zero-order valence-corrected chi connectivity index (χ0v) is 12.6. The average Bonchev–Trinajstić information content (AvgIpc) is 3.35. The molecule has 122 valence electrons. The van der Waals surface area contributed by atoms with Gasteiger partial charge in [-0.05, 0) is 31.4 Å². The molecule has 2 N–H and O–H groups in total. The minimum atomic E-state index is -1.22. The number of carboxylic acids is 1. The van der Waals surface area contributed by atoms with Crippen LogP contribution in [0.15, 0.2) is 24.3 Å². The Morgan fingerprint density at radius 2 is 2.04 bits per heavy atom. The molecule has 2 amide bonds. The zero-order chi connectivity index (χ0) is 16.4. The number of ether oxygens (including phenoxy) is 1. The molecule has 0 unspecified atom stereocenters. The quantitative estimate of drug-likeness (QED) is 0.597. The smallest absolute Gasteiger partial charge is 0.319 e. The predicted octanol–water partition coefficient (Wildman–Crippen LogP) is 0.783. The lowest BCUT2D eigenvalue weighted by atomic mass is 10.1. The van der Waals surface area contributed by atoms with Crippen molar-refractivity contribution < 1.29 is 24.2 Å². The lowest BCUT2D eigenvalue weighted by molar-refractivity contribution is -0.149. The highest BCUT2D eigenvalue weighted by Gasteiger charge is 2.56. The number of carbonyl (C=O) groups excluding carboxylic acids is 2. The first-order valence-corrected chi connectivity index (χ1v) is 7.58. The summed E-state index contributed by atoms with van der Waals surface area (Å²) in [4.78, 5) is 36.6. The fourth-order valence-corrected chi connectivity index (χ4v) is 2.67. The third-order valence-electron chi connectivity index (χ3n) is 4.25. The molecular weight excluding hydrogens is 300 g/mol. The molecular formula is C16H18N2O5. The van der Waals surface area contributed by atoms with E-state index in [2.05, 4.69) is 5.32 Å². The van der Waals surface area contributed by atoms with Gasteiger partial charge in [-0.2, -0.15) is 0 Å². The third kappa shape index (κ3) is 2.86. The molecule has 23 heavy (non-hydrogen) atoms. The average molecular weight is 318 g/mol. The van der Waals surface area contributed by atoms with E-state index in [4.69, 9.17) is 9.84 Å². The third-order valence-corrected chi connectivity index (χ3v) is 4.25. The molecule has 0 aromatic heterocycles. The topological polar surface area (TPSA) is 95.9 Å². The van der Waals surface area contributed by atoms with Gasteiger partial charge in [-0.1, -0.05) is 12.1 Å². The number of aliphatic carboxylic acids is 1. The molecule has 0 saturated heterocycles. The van der Waals surface area contributed by atoms with Crippen LogP contribution in [0.2, 0.25) is 0 Å². The fraction of sp³-hybridized carbons (Fsp3) is 0.438. The van der Waals surface area contributed by atoms with Crippen LogP contribution in [-0.4, -0.2) is 42.6 Å². The zero-order valence-electron chi connectivity index (χ0n) is 12.6. The van der Waals surface area contributed by atoms with Gasteiger partial charge < -0.3 is 20.1 Å². The van der Waals surface area contributed by atoms with Crippen molar-refractivity contribution in [2.75, 3.05) is 24.6 Å². The van der Waals surface area contributed by atoms with Crippen LogP contribution in [0.25, 0.3) is 0 Å². The van der Waals surface area contributed by atoms with E-state index in [1.165, 1.54) is 0 Å². The first-order valence-electron chi connectivity index (χ1n) is 7.58. The van der Waals surface area contributed by atoms with Crippen molar-refractivity contribution in [1.29, 1.82) is 0 Å². The van der Waals surface area contributed by atoms with Crippen LogP contribution in [0.3, 0.4) is 0 Å². The van der Waals surface area contributed by atoms with E-state index in [1.54, 1.807) is 11.0 Å². The van der Waals surface area contributed by atoms with Gasteiger partial charge in [0.15, 0.2) is 6.61 Å². The van der Waals surface area contributed by atoms with Crippen molar-refractivity contribution in [3.05, 3.63) is 24.3 Å². The Kier molecular flexibility index (Phi) is 3.94. The molecule has 0 spiro atoms. The van der Waals surface area contributed by atoms with Gasteiger partial charge in [0.2, 0.25) is 5.91 Å². The van der Waals surface area contributed by atoms with Crippen LogP contribution in [0.4, 0.5) is 5.69 Å². The molecule has 0 bridgehead atoms. The second-order valence-corrected chi connectivity index (χ2v) is 5.80. The summed E-state index contributed by atoms with van der Waals surface area (Å²) in [5.41, 5.74) is -0.499. The minimum absolute atomic E-state index is 0.00545. The number of carbonyl (C=O) groups is 3. The van der Waals surface area contributed by atoms with Gasteiger partial charge >= 0.3 is 5.97 Å². The number of nitrogens with one attached hydrogen (secondary N) is 1. The summed E-state index contributed by atoms with van der Waals surface area (Å²) in [5.74, 6) is -0.954. The molecule has 1 fully saturated rings. The van der Waals surface area contributed by atoms with Gasteiger partial charge in [-0.3, -0.25) is 14.4 Å². The number of nitrogens with zero attached hydrogens (tertiary/aromatic N) is 1. The van der Waals surface area contributed by atoms with Gasteiger partial charge in [0.05, 0.1) is 5.69 Å². The molecule has 2 aliphatic rings. The van der Waals surface area contributed by atoms with Crippen molar-refractivity contribution in [3.63, 3.8) is 0 Å².